The molecule has 0 unspecified atom stereocenters. The second-order valence-electron chi connectivity index (χ2n) is 1.72. The minimum atomic E-state index is 0.177. The third kappa shape index (κ3) is 1.41. The van der Waals surface area contributed by atoms with Gasteiger partial charge in [0, 0.05) is 12.4 Å². The molecule has 1 rings (SSSR count). The molecule has 0 aliphatic carbocycles. The van der Waals surface area contributed by atoms with Gasteiger partial charge >= 0.3 is 0 Å². The first-order valence-electron chi connectivity index (χ1n) is 2.76. The average Bonchev–Trinajstić information content (AvgIpc) is 2.40. The van der Waals surface area contributed by atoms with Crippen LogP contribution >= 0.6 is 0 Å². The SMILES string of the molecule is N/N=C(/N)Nn1cccc1. The summed E-state index contributed by atoms with van der Waals surface area (Å²) < 4.78 is 1.64. The fourth-order valence-electron chi connectivity index (χ4n) is 0.570. The maximum Gasteiger partial charge on any atom is 0.229 e. The Bertz CT molecular complexity index is 212. The molecule has 0 aliphatic rings. The van der Waals surface area contributed by atoms with Crippen LogP contribution in [-0.2, 0) is 0 Å². The third-order valence-electron chi connectivity index (χ3n) is 0.987. The summed E-state index contributed by atoms with van der Waals surface area (Å²) in [4.78, 5) is 0. The van der Waals surface area contributed by atoms with Crippen molar-refractivity contribution in [1.29, 1.82) is 0 Å². The first-order chi connectivity index (χ1) is 4.83. The molecule has 5 heteroatoms. The minimum Gasteiger partial charge on any atom is -0.367 e. The van der Waals surface area contributed by atoms with Crippen LogP contribution in [0.15, 0.2) is 29.6 Å². The molecule has 0 amide bonds. The number of aromatic nitrogens is 1. The van der Waals surface area contributed by atoms with Gasteiger partial charge in [-0.05, 0) is 12.1 Å². The van der Waals surface area contributed by atoms with Crippen LogP contribution in [0.25, 0.3) is 0 Å². The predicted octanol–water partition coefficient (Wildman–Crippen LogP) is -0.780. The Labute approximate surface area is 58.3 Å². The lowest BCUT2D eigenvalue weighted by molar-refractivity contribution is 0.974. The Balaban J connectivity index is 2.56. The van der Waals surface area contributed by atoms with Crippen LogP contribution in [0.4, 0.5) is 0 Å². The summed E-state index contributed by atoms with van der Waals surface area (Å²) in [6.45, 7) is 0. The Morgan fingerprint density at radius 1 is 1.40 bits per heavy atom. The van der Waals surface area contributed by atoms with Crippen molar-refractivity contribution in [3.8, 4) is 0 Å². The number of nitrogens with zero attached hydrogens (tertiary/aromatic N) is 2. The van der Waals surface area contributed by atoms with Crippen LogP contribution in [0.5, 0.6) is 0 Å². The van der Waals surface area contributed by atoms with Crippen molar-refractivity contribution in [3.63, 3.8) is 0 Å². The van der Waals surface area contributed by atoms with Crippen LogP contribution < -0.4 is 17.0 Å². The summed E-state index contributed by atoms with van der Waals surface area (Å²) >= 11 is 0. The summed E-state index contributed by atoms with van der Waals surface area (Å²) in [5.41, 5.74) is 7.95. The topological polar surface area (TPSA) is 81.4 Å². The summed E-state index contributed by atoms with van der Waals surface area (Å²) in [5, 5.41) is 3.23. The van der Waals surface area contributed by atoms with E-state index in [-0.39, 0.29) is 5.96 Å². The van der Waals surface area contributed by atoms with E-state index in [0.29, 0.717) is 0 Å². The molecule has 0 aliphatic heterocycles. The molecular formula is C5H9N5. The molecule has 0 aromatic carbocycles. The highest BCUT2D eigenvalue weighted by molar-refractivity contribution is 5.85. The number of nitrogens with two attached hydrogens (primary N) is 2. The van der Waals surface area contributed by atoms with Crippen molar-refractivity contribution >= 4 is 5.96 Å². The molecule has 1 heterocycles. The fourth-order valence-corrected chi connectivity index (χ4v) is 0.570. The maximum atomic E-state index is 5.26. The molecule has 0 atom stereocenters. The van der Waals surface area contributed by atoms with E-state index in [1.807, 2.05) is 12.1 Å². The zero-order valence-electron chi connectivity index (χ0n) is 5.36. The summed E-state index contributed by atoms with van der Waals surface area (Å²) in [6, 6.07) is 3.72. The Morgan fingerprint density at radius 3 is 2.50 bits per heavy atom. The smallest absolute Gasteiger partial charge is 0.229 e. The zero-order valence-corrected chi connectivity index (χ0v) is 5.36. The van der Waals surface area contributed by atoms with Crippen molar-refractivity contribution in [2.45, 2.75) is 0 Å². The van der Waals surface area contributed by atoms with Gasteiger partial charge < -0.3 is 11.6 Å². The fraction of sp³-hybridized carbons (Fsp3) is 0. The zero-order chi connectivity index (χ0) is 7.40. The molecule has 0 spiro atoms. The van der Waals surface area contributed by atoms with Gasteiger partial charge in [-0.3, -0.25) is 10.1 Å². The van der Waals surface area contributed by atoms with E-state index < -0.39 is 0 Å². The van der Waals surface area contributed by atoms with Crippen LogP contribution in [0.2, 0.25) is 0 Å². The molecule has 0 fully saturated rings. The van der Waals surface area contributed by atoms with Gasteiger partial charge in [-0.15, -0.1) is 5.10 Å². The van der Waals surface area contributed by atoms with Crippen molar-refractivity contribution in [2.75, 3.05) is 5.43 Å². The first-order valence-corrected chi connectivity index (χ1v) is 2.76. The molecule has 0 saturated carbocycles. The number of guanidine groups is 1. The van der Waals surface area contributed by atoms with Gasteiger partial charge in [-0.25, -0.2) is 0 Å². The molecule has 10 heavy (non-hydrogen) atoms. The van der Waals surface area contributed by atoms with Gasteiger partial charge in [-0.2, -0.15) is 0 Å². The summed E-state index contributed by atoms with van der Waals surface area (Å²) in [7, 11) is 0. The lowest BCUT2D eigenvalue weighted by Crippen LogP contribution is -2.30. The second kappa shape index (κ2) is 2.77. The van der Waals surface area contributed by atoms with E-state index in [1.165, 1.54) is 0 Å². The standard InChI is InChI=1S/C5H9N5/c6-5(8-7)9-10-3-1-2-4-10/h1-4H,7H2,(H3,6,8,9). The van der Waals surface area contributed by atoms with Gasteiger partial charge in [0.25, 0.3) is 0 Å². The maximum absolute atomic E-state index is 5.26. The Kier molecular flexibility index (Phi) is 1.79. The van der Waals surface area contributed by atoms with Gasteiger partial charge in [-0.1, -0.05) is 0 Å². The highest BCUT2D eigenvalue weighted by Gasteiger charge is 1.87. The normalized spacial score (nSPS) is 11.4. The van der Waals surface area contributed by atoms with Gasteiger partial charge in [0.05, 0.1) is 0 Å². The Hall–Kier alpha value is -1.65. The van der Waals surface area contributed by atoms with Crippen molar-refractivity contribution < 1.29 is 0 Å². The van der Waals surface area contributed by atoms with Gasteiger partial charge in [0.15, 0.2) is 0 Å². The largest absolute Gasteiger partial charge is 0.367 e. The molecule has 54 valence electrons. The van der Waals surface area contributed by atoms with E-state index in [0.717, 1.165) is 0 Å². The monoisotopic (exact) mass is 139 g/mol. The minimum absolute atomic E-state index is 0.177. The molecule has 1 aromatic rings. The van der Waals surface area contributed by atoms with Gasteiger partial charge in [0.2, 0.25) is 5.96 Å². The molecule has 5 nitrogen and oxygen atoms in total. The summed E-state index contributed by atoms with van der Waals surface area (Å²) in [6.07, 6.45) is 3.58. The highest BCUT2D eigenvalue weighted by atomic mass is 15.5. The number of hydrogen-bond acceptors (Lipinski definition) is 2. The van der Waals surface area contributed by atoms with E-state index >= 15 is 0 Å². The van der Waals surface area contributed by atoms with Gasteiger partial charge in [0.1, 0.15) is 0 Å². The molecule has 1 aromatic heterocycles. The second-order valence-corrected chi connectivity index (χ2v) is 1.72. The van der Waals surface area contributed by atoms with Crippen LogP contribution in [0.3, 0.4) is 0 Å². The average molecular weight is 139 g/mol. The summed E-state index contributed by atoms with van der Waals surface area (Å²) in [5.74, 6) is 5.05. The van der Waals surface area contributed by atoms with E-state index in [1.54, 1.807) is 17.1 Å². The highest BCUT2D eigenvalue weighted by Crippen LogP contribution is 1.83. The van der Waals surface area contributed by atoms with E-state index in [9.17, 15) is 0 Å². The third-order valence-corrected chi connectivity index (χ3v) is 0.987. The molecule has 0 radical (unpaired) electrons. The molecule has 5 N–H and O–H groups in total. The first kappa shape index (κ1) is 6.47. The number of hydrogen-bond donors (Lipinski definition) is 3. The lowest BCUT2D eigenvalue weighted by atomic mass is 10.7. The Morgan fingerprint density at radius 2 is 2.00 bits per heavy atom. The van der Waals surface area contributed by atoms with Crippen LogP contribution in [-0.4, -0.2) is 10.6 Å². The number of rotatable bonds is 1. The number of hydrazone groups is 1. The van der Waals surface area contributed by atoms with E-state index in [4.69, 9.17) is 11.6 Å². The molecular weight excluding hydrogens is 130 g/mol. The molecule has 0 bridgehead atoms. The van der Waals surface area contributed by atoms with Crippen LogP contribution in [0.1, 0.15) is 0 Å². The predicted molar refractivity (Wildman–Crippen MR) is 39.6 cm³/mol. The quantitative estimate of drug-likeness (QED) is 0.206. The lowest BCUT2D eigenvalue weighted by Gasteiger charge is -2.03. The molecule has 0 saturated heterocycles. The number of nitrogens with one attached hydrogen (secondary N) is 1. The van der Waals surface area contributed by atoms with E-state index in [2.05, 4.69) is 10.5 Å². The van der Waals surface area contributed by atoms with Crippen molar-refractivity contribution in [3.05, 3.63) is 24.5 Å². The van der Waals surface area contributed by atoms with Crippen molar-refractivity contribution in [1.82, 2.24) is 4.68 Å². The van der Waals surface area contributed by atoms with Crippen molar-refractivity contribution in [2.24, 2.45) is 16.7 Å². The van der Waals surface area contributed by atoms with Crippen LogP contribution in [0, 0.1) is 0 Å².